The van der Waals surface area contributed by atoms with Gasteiger partial charge < -0.3 is 11.1 Å². The molecular weight excluding hydrogens is 220 g/mol. The second-order valence-corrected chi connectivity index (χ2v) is 4.05. The third-order valence-electron chi connectivity index (χ3n) is 2.79. The smallest absolute Gasteiger partial charge is 0.272 e. The van der Waals surface area contributed by atoms with Crippen molar-refractivity contribution in [3.63, 3.8) is 0 Å². The van der Waals surface area contributed by atoms with E-state index < -0.39 is 11.3 Å². The van der Waals surface area contributed by atoms with Gasteiger partial charge in [0, 0.05) is 12.6 Å². The molecule has 3 N–H and O–H groups in total. The Hall–Kier alpha value is -2.24. The van der Waals surface area contributed by atoms with Crippen LogP contribution in [-0.2, 0) is 9.59 Å². The molecule has 1 aliphatic heterocycles. The first-order valence-electron chi connectivity index (χ1n) is 5.08. The number of nitrogens with one attached hydrogen (secondary N) is 1. The Morgan fingerprint density at radius 3 is 2.71 bits per heavy atom. The molecule has 0 bridgehead atoms. The Morgan fingerprint density at radius 1 is 1.41 bits per heavy atom. The van der Waals surface area contributed by atoms with E-state index in [0.29, 0.717) is 11.3 Å². The van der Waals surface area contributed by atoms with Crippen molar-refractivity contribution >= 4 is 23.2 Å². The average Bonchev–Trinajstić information content (AvgIpc) is 2.70. The van der Waals surface area contributed by atoms with Crippen molar-refractivity contribution in [3.8, 4) is 0 Å². The lowest BCUT2D eigenvalue weighted by Gasteiger charge is -2.22. The van der Waals surface area contributed by atoms with Gasteiger partial charge in [0.25, 0.3) is 5.91 Å². The molecule has 6 heteroatoms. The minimum Gasteiger partial charge on any atom is -0.369 e. The molecule has 0 spiro atoms. The van der Waals surface area contributed by atoms with Crippen LogP contribution in [0.4, 0.5) is 0 Å². The highest BCUT2D eigenvalue weighted by atomic mass is 16.2. The van der Waals surface area contributed by atoms with Crippen LogP contribution in [0.5, 0.6) is 0 Å². The second-order valence-electron chi connectivity index (χ2n) is 4.05. The Kier molecular flexibility index (Phi) is 2.42. The van der Waals surface area contributed by atoms with E-state index in [4.69, 9.17) is 5.73 Å². The van der Waals surface area contributed by atoms with E-state index in [1.807, 2.05) is 0 Å². The normalized spacial score (nSPS) is 25.6. The number of fused-ring (bicyclic) bond motifs is 1. The fourth-order valence-corrected chi connectivity index (χ4v) is 1.64. The molecule has 0 saturated carbocycles. The zero-order valence-corrected chi connectivity index (χ0v) is 9.52. The second kappa shape index (κ2) is 3.65. The molecule has 2 rings (SSSR count). The van der Waals surface area contributed by atoms with E-state index in [1.165, 1.54) is 7.05 Å². The van der Waals surface area contributed by atoms with Gasteiger partial charge in [-0.3, -0.25) is 9.59 Å². The Bertz CT molecular complexity index is 528. The van der Waals surface area contributed by atoms with Crippen molar-refractivity contribution in [2.45, 2.75) is 6.92 Å². The minimum absolute atomic E-state index is 0.208. The van der Waals surface area contributed by atoms with E-state index in [2.05, 4.69) is 15.5 Å². The summed E-state index contributed by atoms with van der Waals surface area (Å²) in [5, 5.41) is 10.1. The number of rotatable bonds is 2. The van der Waals surface area contributed by atoms with Crippen LogP contribution in [-0.4, -0.2) is 30.3 Å². The summed E-state index contributed by atoms with van der Waals surface area (Å²) >= 11 is 0. The maximum absolute atomic E-state index is 11.6. The lowest BCUT2D eigenvalue weighted by atomic mass is 9.81. The highest BCUT2D eigenvalue weighted by Gasteiger charge is 2.34. The molecule has 1 atom stereocenters. The van der Waals surface area contributed by atoms with Crippen LogP contribution >= 0.6 is 0 Å². The summed E-state index contributed by atoms with van der Waals surface area (Å²) < 4.78 is 0. The lowest BCUT2D eigenvalue weighted by Crippen LogP contribution is -2.36. The van der Waals surface area contributed by atoms with E-state index in [0.717, 1.165) is 0 Å². The van der Waals surface area contributed by atoms with Crippen molar-refractivity contribution in [2.75, 3.05) is 7.05 Å². The van der Waals surface area contributed by atoms with Gasteiger partial charge in [-0.25, -0.2) is 0 Å². The Morgan fingerprint density at radius 2 is 2.12 bits per heavy atom. The van der Waals surface area contributed by atoms with Gasteiger partial charge in [-0.15, -0.1) is 10.2 Å². The summed E-state index contributed by atoms with van der Waals surface area (Å²) in [7, 11) is 1.51. The quantitative estimate of drug-likeness (QED) is 0.673. The molecule has 17 heavy (non-hydrogen) atoms. The van der Waals surface area contributed by atoms with Crippen LogP contribution in [0.15, 0.2) is 34.0 Å². The monoisotopic (exact) mass is 232 g/mol. The molecule has 1 heterocycles. The van der Waals surface area contributed by atoms with Gasteiger partial charge in [0.05, 0.1) is 11.1 Å². The predicted molar refractivity (Wildman–Crippen MR) is 63.5 cm³/mol. The molecule has 6 nitrogen and oxygen atoms in total. The van der Waals surface area contributed by atoms with Crippen molar-refractivity contribution in [1.29, 1.82) is 0 Å². The van der Waals surface area contributed by atoms with Gasteiger partial charge >= 0.3 is 0 Å². The van der Waals surface area contributed by atoms with Gasteiger partial charge in [0.2, 0.25) is 5.91 Å². The number of primary amides is 1. The Balaban J connectivity index is 2.43. The van der Waals surface area contributed by atoms with E-state index >= 15 is 0 Å². The summed E-state index contributed by atoms with van der Waals surface area (Å²) in [4.78, 5) is 22.9. The molecular formula is C11H12N4O2. The highest BCUT2D eigenvalue weighted by Crippen LogP contribution is 2.29. The Labute approximate surface area is 98.0 Å². The average molecular weight is 232 g/mol. The maximum Gasteiger partial charge on any atom is 0.272 e. The van der Waals surface area contributed by atoms with Gasteiger partial charge in [-0.2, -0.15) is 0 Å². The van der Waals surface area contributed by atoms with Crippen LogP contribution in [0.1, 0.15) is 6.92 Å². The molecule has 1 aliphatic carbocycles. The number of carbonyl (C=O) groups is 2. The fourth-order valence-electron chi connectivity index (χ4n) is 1.64. The molecule has 1 unspecified atom stereocenters. The first kappa shape index (κ1) is 11.3. The number of hydrogen-bond donors (Lipinski definition) is 2. The van der Waals surface area contributed by atoms with Gasteiger partial charge in [0.15, 0.2) is 5.71 Å². The molecule has 0 aromatic rings. The van der Waals surface area contributed by atoms with E-state index in [9.17, 15) is 9.59 Å². The summed E-state index contributed by atoms with van der Waals surface area (Å²) in [5.41, 5.74) is 5.74. The number of allylic oxidation sites excluding steroid dienone is 1. The van der Waals surface area contributed by atoms with Crippen LogP contribution in [0.2, 0.25) is 0 Å². The first-order valence-corrected chi connectivity index (χ1v) is 5.08. The first-order chi connectivity index (χ1) is 7.98. The van der Waals surface area contributed by atoms with Crippen molar-refractivity contribution in [1.82, 2.24) is 5.32 Å². The SMILES string of the molecule is CNC(=O)C1=NN=C2C=CC(C)(C(N)=O)C=C21. The largest absolute Gasteiger partial charge is 0.369 e. The van der Waals surface area contributed by atoms with Crippen molar-refractivity contribution in [2.24, 2.45) is 21.4 Å². The zero-order chi connectivity index (χ0) is 12.6. The summed E-state index contributed by atoms with van der Waals surface area (Å²) in [5.74, 6) is -0.819. The molecule has 0 fully saturated rings. The van der Waals surface area contributed by atoms with Crippen molar-refractivity contribution in [3.05, 3.63) is 23.8 Å². The topological polar surface area (TPSA) is 96.9 Å². The van der Waals surface area contributed by atoms with Gasteiger partial charge in [0.1, 0.15) is 0 Å². The third-order valence-corrected chi connectivity index (χ3v) is 2.79. The summed E-state index contributed by atoms with van der Waals surface area (Å²) in [6.45, 7) is 1.68. The standard InChI is InChI=1S/C11H12N4O2/c1-11(10(12)17)4-3-7-6(5-11)8(15-14-7)9(16)13-2/h3-5H,1-2H3,(H2,12,17)(H,13,16). The number of amides is 2. The molecule has 2 amide bonds. The van der Waals surface area contributed by atoms with Crippen LogP contribution in [0.25, 0.3) is 0 Å². The van der Waals surface area contributed by atoms with Crippen molar-refractivity contribution < 1.29 is 9.59 Å². The zero-order valence-electron chi connectivity index (χ0n) is 9.52. The van der Waals surface area contributed by atoms with Crippen LogP contribution in [0.3, 0.4) is 0 Å². The molecule has 0 aromatic heterocycles. The number of nitrogens with zero attached hydrogens (tertiary/aromatic N) is 2. The maximum atomic E-state index is 11.6. The van der Waals surface area contributed by atoms with E-state index in [1.54, 1.807) is 25.2 Å². The third kappa shape index (κ3) is 1.67. The molecule has 2 aliphatic rings. The minimum atomic E-state index is -0.909. The van der Waals surface area contributed by atoms with Gasteiger partial charge in [-0.05, 0) is 13.0 Å². The molecule has 0 aromatic carbocycles. The number of hydrogen-bond acceptors (Lipinski definition) is 4. The number of nitrogens with two attached hydrogens (primary N) is 1. The molecule has 88 valence electrons. The van der Waals surface area contributed by atoms with E-state index in [-0.39, 0.29) is 11.6 Å². The van der Waals surface area contributed by atoms with Gasteiger partial charge in [-0.1, -0.05) is 12.2 Å². The van der Waals surface area contributed by atoms with Crippen LogP contribution < -0.4 is 11.1 Å². The lowest BCUT2D eigenvalue weighted by molar-refractivity contribution is -0.122. The summed E-state index contributed by atoms with van der Waals surface area (Å²) in [6, 6.07) is 0. The summed E-state index contributed by atoms with van der Waals surface area (Å²) in [6.07, 6.45) is 4.93. The highest BCUT2D eigenvalue weighted by molar-refractivity contribution is 6.54. The van der Waals surface area contributed by atoms with Crippen LogP contribution in [0, 0.1) is 5.41 Å². The molecule has 0 saturated heterocycles. The fraction of sp³-hybridized carbons (Fsp3) is 0.273. The number of carbonyl (C=O) groups excluding carboxylic acids is 2. The predicted octanol–water partition coefficient (Wildman–Crippen LogP) is -0.469. The molecule has 0 radical (unpaired) electrons.